The normalized spacial score (nSPS) is 14.2. The fraction of sp³-hybridized carbons (Fsp3) is 0.833. The smallest absolute Gasteiger partial charge is 0.211 e. The van der Waals surface area contributed by atoms with Crippen LogP contribution in [0.3, 0.4) is 0 Å². The lowest BCUT2D eigenvalue weighted by Crippen LogP contribution is -2.33. The molecule has 0 rings (SSSR count). The van der Waals surface area contributed by atoms with Gasteiger partial charge in [-0.1, -0.05) is 19.6 Å². The summed E-state index contributed by atoms with van der Waals surface area (Å²) in [6, 6.07) is 0. The van der Waals surface area contributed by atoms with Crippen molar-refractivity contribution in [2.75, 3.05) is 0 Å². The van der Waals surface area contributed by atoms with E-state index in [4.69, 9.17) is 0 Å². The van der Waals surface area contributed by atoms with Crippen molar-refractivity contribution < 1.29 is 4.79 Å². The Morgan fingerprint density at radius 2 is 1.89 bits per heavy atom. The molecule has 0 aliphatic heterocycles. The second-order valence-corrected chi connectivity index (χ2v) is 8.83. The number of aliphatic imine (C=N–C) groups is 1. The minimum Gasteiger partial charge on any atom is -0.211 e. The summed E-state index contributed by atoms with van der Waals surface area (Å²) in [5.74, 6) is 0. The van der Waals surface area contributed by atoms with Gasteiger partial charge in [0.05, 0.1) is 13.7 Å². The van der Waals surface area contributed by atoms with E-state index in [0.717, 1.165) is 0 Å². The van der Waals surface area contributed by atoms with Crippen LogP contribution in [-0.2, 0) is 4.79 Å². The molecule has 0 fully saturated rings. The lowest BCUT2D eigenvalue weighted by molar-refractivity contribution is 0.562. The highest BCUT2D eigenvalue weighted by molar-refractivity contribution is 6.77. The van der Waals surface area contributed by atoms with E-state index in [-0.39, 0.29) is 5.67 Å². The van der Waals surface area contributed by atoms with Gasteiger partial charge in [0.1, 0.15) is 0 Å². The molecular weight excluding hydrogens is 130 g/mol. The standard InChI is InChI=1S/C6H13NOSi/c1-6(7-5-8)9(2,3)4/h6H,1-4H3. The van der Waals surface area contributed by atoms with Crippen LogP contribution in [0.2, 0.25) is 19.6 Å². The summed E-state index contributed by atoms with van der Waals surface area (Å²) in [6.07, 6.45) is 1.58. The number of isocyanates is 1. The topological polar surface area (TPSA) is 29.4 Å². The van der Waals surface area contributed by atoms with Crippen LogP contribution in [0, 0.1) is 0 Å². The Bertz CT molecular complexity index is 132. The summed E-state index contributed by atoms with van der Waals surface area (Å²) in [6.45, 7) is 8.51. The van der Waals surface area contributed by atoms with Gasteiger partial charge in [-0.3, -0.25) is 0 Å². The van der Waals surface area contributed by atoms with Crippen molar-refractivity contribution in [2.24, 2.45) is 4.99 Å². The molecule has 0 aromatic carbocycles. The molecule has 0 saturated heterocycles. The SMILES string of the molecule is CC(N=C=O)[Si](C)(C)C. The highest BCUT2D eigenvalue weighted by atomic mass is 28.3. The van der Waals surface area contributed by atoms with Gasteiger partial charge in [0.25, 0.3) is 0 Å². The Morgan fingerprint density at radius 3 is 2.00 bits per heavy atom. The molecule has 1 unspecified atom stereocenters. The Morgan fingerprint density at radius 1 is 1.44 bits per heavy atom. The Hall–Kier alpha value is -0.403. The predicted octanol–water partition coefficient (Wildman–Crippen LogP) is 1.59. The molecule has 0 N–H and O–H groups in total. The Kier molecular flexibility index (Phi) is 2.81. The van der Waals surface area contributed by atoms with Gasteiger partial charge < -0.3 is 0 Å². The van der Waals surface area contributed by atoms with Crippen LogP contribution in [0.1, 0.15) is 6.92 Å². The van der Waals surface area contributed by atoms with Gasteiger partial charge in [0.2, 0.25) is 6.08 Å². The number of carbonyl (C=O) groups excluding carboxylic acids is 1. The molecule has 0 bridgehead atoms. The van der Waals surface area contributed by atoms with Crippen LogP contribution in [0.4, 0.5) is 0 Å². The maximum Gasteiger partial charge on any atom is 0.234 e. The number of rotatable bonds is 2. The van der Waals surface area contributed by atoms with E-state index in [0.29, 0.717) is 0 Å². The molecule has 52 valence electrons. The lowest BCUT2D eigenvalue weighted by atomic mass is 10.8. The minimum atomic E-state index is -1.21. The summed E-state index contributed by atoms with van der Waals surface area (Å²) in [4.78, 5) is 13.4. The van der Waals surface area contributed by atoms with E-state index in [1.54, 1.807) is 6.08 Å². The first kappa shape index (κ1) is 8.60. The molecule has 3 heteroatoms. The largest absolute Gasteiger partial charge is 0.234 e. The third-order valence-corrected chi connectivity index (χ3v) is 4.14. The van der Waals surface area contributed by atoms with E-state index in [2.05, 4.69) is 24.6 Å². The average Bonchev–Trinajstić information content (AvgIpc) is 1.64. The molecule has 0 saturated carbocycles. The first-order chi connectivity index (χ1) is 3.98. The van der Waals surface area contributed by atoms with Crippen molar-refractivity contribution in [3.63, 3.8) is 0 Å². The quantitative estimate of drug-likeness (QED) is 0.328. The zero-order chi connectivity index (χ0) is 7.49. The van der Waals surface area contributed by atoms with E-state index >= 15 is 0 Å². The van der Waals surface area contributed by atoms with E-state index < -0.39 is 8.07 Å². The van der Waals surface area contributed by atoms with Crippen molar-refractivity contribution in [3.8, 4) is 0 Å². The third-order valence-electron chi connectivity index (χ3n) is 1.50. The van der Waals surface area contributed by atoms with Crippen LogP contribution in [-0.4, -0.2) is 19.8 Å². The van der Waals surface area contributed by atoms with E-state index in [9.17, 15) is 4.79 Å². The Balaban J connectivity index is 4.03. The Labute approximate surface area is 57.0 Å². The van der Waals surface area contributed by atoms with E-state index in [1.165, 1.54) is 0 Å². The van der Waals surface area contributed by atoms with Gasteiger partial charge >= 0.3 is 0 Å². The summed E-state index contributed by atoms with van der Waals surface area (Å²) in [5, 5.41) is 0. The fourth-order valence-corrected chi connectivity index (χ4v) is 0.713. The zero-order valence-electron chi connectivity index (χ0n) is 6.43. The predicted molar refractivity (Wildman–Crippen MR) is 40.9 cm³/mol. The van der Waals surface area contributed by atoms with Gasteiger partial charge in [-0.05, 0) is 6.92 Å². The lowest BCUT2D eigenvalue weighted by Gasteiger charge is -2.18. The van der Waals surface area contributed by atoms with Crippen LogP contribution in [0.15, 0.2) is 4.99 Å². The van der Waals surface area contributed by atoms with Gasteiger partial charge in [-0.2, -0.15) is 0 Å². The summed E-state index contributed by atoms with van der Waals surface area (Å²) in [5.41, 5.74) is 0.204. The van der Waals surface area contributed by atoms with Crippen molar-refractivity contribution >= 4 is 14.2 Å². The first-order valence-electron chi connectivity index (χ1n) is 3.05. The molecule has 1 atom stereocenters. The van der Waals surface area contributed by atoms with Crippen molar-refractivity contribution in [3.05, 3.63) is 0 Å². The number of hydrogen-bond donors (Lipinski definition) is 0. The molecule has 9 heavy (non-hydrogen) atoms. The second kappa shape index (κ2) is 2.94. The molecule has 0 aliphatic carbocycles. The van der Waals surface area contributed by atoms with Gasteiger partial charge in [-0.25, -0.2) is 9.79 Å². The highest BCUT2D eigenvalue weighted by Gasteiger charge is 2.21. The highest BCUT2D eigenvalue weighted by Crippen LogP contribution is 2.09. The zero-order valence-corrected chi connectivity index (χ0v) is 7.43. The third kappa shape index (κ3) is 3.22. The maximum atomic E-state index is 9.79. The molecule has 0 amide bonds. The van der Waals surface area contributed by atoms with Gasteiger partial charge in [0.15, 0.2) is 0 Å². The molecular formula is C6H13NOSi. The van der Waals surface area contributed by atoms with Gasteiger partial charge in [-0.15, -0.1) is 0 Å². The van der Waals surface area contributed by atoms with Crippen molar-refractivity contribution in [1.82, 2.24) is 0 Å². The van der Waals surface area contributed by atoms with Crippen LogP contribution < -0.4 is 0 Å². The van der Waals surface area contributed by atoms with Crippen LogP contribution in [0.25, 0.3) is 0 Å². The molecule has 0 aromatic rings. The summed E-state index contributed by atoms with van der Waals surface area (Å²) >= 11 is 0. The van der Waals surface area contributed by atoms with E-state index in [1.807, 2.05) is 6.92 Å². The minimum absolute atomic E-state index is 0.204. The summed E-state index contributed by atoms with van der Waals surface area (Å²) in [7, 11) is -1.21. The molecule has 2 nitrogen and oxygen atoms in total. The molecule has 0 heterocycles. The summed E-state index contributed by atoms with van der Waals surface area (Å²) < 4.78 is 0. The van der Waals surface area contributed by atoms with Crippen molar-refractivity contribution in [2.45, 2.75) is 32.2 Å². The fourth-order valence-electron chi connectivity index (χ4n) is 0.273. The molecule has 0 aliphatic rings. The molecule has 0 aromatic heterocycles. The van der Waals surface area contributed by atoms with Crippen LogP contribution in [0.5, 0.6) is 0 Å². The second-order valence-electron chi connectivity index (χ2n) is 3.26. The molecule has 0 spiro atoms. The monoisotopic (exact) mass is 143 g/mol. The number of nitrogens with zero attached hydrogens (tertiary/aromatic N) is 1. The molecule has 0 radical (unpaired) electrons. The maximum absolute atomic E-state index is 9.79. The average molecular weight is 143 g/mol. The van der Waals surface area contributed by atoms with Crippen molar-refractivity contribution in [1.29, 1.82) is 0 Å². The van der Waals surface area contributed by atoms with Gasteiger partial charge in [0, 0.05) is 0 Å². The first-order valence-corrected chi connectivity index (χ1v) is 6.63. The number of hydrogen-bond acceptors (Lipinski definition) is 2. The van der Waals surface area contributed by atoms with Crippen LogP contribution >= 0.6 is 0 Å².